The Morgan fingerprint density at radius 3 is 2.50 bits per heavy atom. The molecule has 0 saturated heterocycles. The predicted octanol–water partition coefficient (Wildman–Crippen LogP) is 5.96. The Morgan fingerprint density at radius 1 is 0.955 bits per heavy atom. The normalized spacial score (nSPS) is 10.9. The number of phenols is 1. The number of aromatic hydroxyl groups is 1. The lowest BCUT2D eigenvalue weighted by Crippen LogP contribution is -2.27. The van der Waals surface area contributed by atoms with Crippen LogP contribution < -0.4 is 10.2 Å². The van der Waals surface area contributed by atoms with Crippen LogP contribution in [0.15, 0.2) is 90.1 Å². The SMILES string of the molecule is CCCOC(=O)Cn1nnnc1SC(=O)N(Cc1ccccc1)c1cccc2c(O)c(C(=O)Nc3ccccc3C)ccc12. The minimum Gasteiger partial charge on any atom is -0.506 e. The van der Waals surface area contributed by atoms with E-state index in [1.165, 1.54) is 10.7 Å². The zero-order chi connectivity index (χ0) is 31.1. The number of anilines is 2. The van der Waals surface area contributed by atoms with Crippen molar-refractivity contribution in [2.45, 2.75) is 38.5 Å². The molecule has 0 aliphatic rings. The molecule has 1 heterocycles. The first-order chi connectivity index (χ1) is 21.4. The number of hydrogen-bond acceptors (Lipinski definition) is 9. The summed E-state index contributed by atoms with van der Waals surface area (Å²) in [7, 11) is 0. The van der Waals surface area contributed by atoms with Gasteiger partial charge in [-0.2, -0.15) is 0 Å². The number of phenolic OH excluding ortho intramolecular Hbond substituents is 1. The first-order valence-electron chi connectivity index (χ1n) is 13.9. The van der Waals surface area contributed by atoms with Crippen molar-refractivity contribution >= 4 is 51.0 Å². The summed E-state index contributed by atoms with van der Waals surface area (Å²) in [5.41, 5.74) is 3.00. The van der Waals surface area contributed by atoms with E-state index in [1.54, 1.807) is 35.2 Å². The molecule has 5 rings (SSSR count). The van der Waals surface area contributed by atoms with Gasteiger partial charge in [0.2, 0.25) is 5.16 Å². The molecule has 2 amide bonds. The molecule has 0 bridgehead atoms. The molecule has 0 fully saturated rings. The van der Waals surface area contributed by atoms with E-state index in [4.69, 9.17) is 4.74 Å². The summed E-state index contributed by atoms with van der Waals surface area (Å²) in [5.74, 6) is -1.17. The maximum Gasteiger partial charge on any atom is 0.327 e. The van der Waals surface area contributed by atoms with Crippen molar-refractivity contribution in [1.29, 1.82) is 0 Å². The fraction of sp³-hybridized carbons (Fsp3) is 0.188. The van der Waals surface area contributed by atoms with Crippen LogP contribution in [0.5, 0.6) is 5.75 Å². The zero-order valence-corrected chi connectivity index (χ0v) is 25.0. The zero-order valence-electron chi connectivity index (χ0n) is 24.1. The third-order valence-corrected chi connectivity index (χ3v) is 7.64. The van der Waals surface area contributed by atoms with Gasteiger partial charge in [-0.25, -0.2) is 4.68 Å². The lowest BCUT2D eigenvalue weighted by Gasteiger charge is -2.24. The standard InChI is InChI=1S/C32H30N6O5S/c1-3-18-43-28(39)20-38-31(34-35-36-38)44-32(42)37(19-22-11-5-4-6-12-22)27-15-9-13-24-23(27)16-17-25(29(24)40)30(41)33-26-14-8-7-10-21(26)2/h4-17,40H,3,18-20H2,1-2H3,(H,33,41). The van der Waals surface area contributed by atoms with Gasteiger partial charge in [-0.15, -0.1) is 5.10 Å². The first-order valence-corrected chi connectivity index (χ1v) is 14.7. The number of aromatic nitrogens is 4. The van der Waals surface area contributed by atoms with Crippen LogP contribution in [-0.4, -0.2) is 49.0 Å². The van der Waals surface area contributed by atoms with Crippen molar-refractivity contribution in [3.63, 3.8) is 0 Å². The molecular formula is C32H30N6O5S. The Labute approximate surface area is 257 Å². The lowest BCUT2D eigenvalue weighted by molar-refractivity contribution is -0.144. The highest BCUT2D eigenvalue weighted by Gasteiger charge is 2.25. The van der Waals surface area contributed by atoms with Gasteiger partial charge in [0.25, 0.3) is 11.1 Å². The molecule has 0 unspecified atom stereocenters. The van der Waals surface area contributed by atoms with E-state index in [-0.39, 0.29) is 36.2 Å². The highest BCUT2D eigenvalue weighted by Crippen LogP contribution is 2.37. The van der Waals surface area contributed by atoms with Crippen LogP contribution in [0.3, 0.4) is 0 Å². The Balaban J connectivity index is 1.48. The summed E-state index contributed by atoms with van der Waals surface area (Å²) in [4.78, 5) is 40.8. The van der Waals surface area contributed by atoms with Gasteiger partial charge in [-0.3, -0.25) is 19.3 Å². The van der Waals surface area contributed by atoms with Crippen LogP contribution in [0.2, 0.25) is 0 Å². The summed E-state index contributed by atoms with van der Waals surface area (Å²) in [6.07, 6.45) is 0.676. The van der Waals surface area contributed by atoms with Crippen LogP contribution in [0.1, 0.15) is 34.8 Å². The molecular weight excluding hydrogens is 580 g/mol. The molecule has 0 spiro atoms. The number of nitrogens with zero attached hydrogens (tertiary/aromatic N) is 5. The molecule has 4 aromatic carbocycles. The Morgan fingerprint density at radius 2 is 1.73 bits per heavy atom. The molecule has 0 aliphatic heterocycles. The van der Waals surface area contributed by atoms with E-state index in [1.807, 2.05) is 62.4 Å². The van der Waals surface area contributed by atoms with Crippen molar-refractivity contribution in [2.75, 3.05) is 16.8 Å². The summed E-state index contributed by atoms with van der Waals surface area (Å²) in [6.45, 7) is 4.00. The van der Waals surface area contributed by atoms with Crippen LogP contribution in [-0.2, 0) is 22.6 Å². The third-order valence-electron chi connectivity index (χ3n) is 6.77. The second-order valence-corrected chi connectivity index (χ2v) is 10.8. The molecule has 44 heavy (non-hydrogen) atoms. The molecule has 0 aliphatic carbocycles. The number of aryl methyl sites for hydroxylation is 1. The van der Waals surface area contributed by atoms with Gasteiger partial charge in [-0.1, -0.05) is 73.7 Å². The van der Waals surface area contributed by atoms with Crippen molar-refractivity contribution in [1.82, 2.24) is 20.2 Å². The van der Waals surface area contributed by atoms with E-state index in [9.17, 15) is 19.5 Å². The van der Waals surface area contributed by atoms with Crippen molar-refractivity contribution in [3.8, 4) is 5.75 Å². The molecule has 0 radical (unpaired) electrons. The van der Waals surface area contributed by atoms with E-state index in [0.29, 0.717) is 28.6 Å². The van der Waals surface area contributed by atoms with Gasteiger partial charge in [0, 0.05) is 28.2 Å². The quantitative estimate of drug-likeness (QED) is 0.145. The van der Waals surface area contributed by atoms with Gasteiger partial charge in [-0.05, 0) is 53.1 Å². The van der Waals surface area contributed by atoms with Crippen molar-refractivity contribution in [2.24, 2.45) is 0 Å². The first kappa shape index (κ1) is 30.2. The van der Waals surface area contributed by atoms with Crippen LogP contribution in [0, 0.1) is 6.92 Å². The topological polar surface area (TPSA) is 140 Å². The largest absolute Gasteiger partial charge is 0.506 e. The second-order valence-electron chi connectivity index (χ2n) is 9.88. The van der Waals surface area contributed by atoms with Gasteiger partial charge in [0.1, 0.15) is 12.3 Å². The highest BCUT2D eigenvalue weighted by molar-refractivity contribution is 8.13. The minimum atomic E-state index is -0.513. The number of carbonyl (C=O) groups excluding carboxylic acids is 3. The summed E-state index contributed by atoms with van der Waals surface area (Å²) in [5, 5.41) is 26.2. The summed E-state index contributed by atoms with van der Waals surface area (Å²) in [6, 6.07) is 25.2. The monoisotopic (exact) mass is 610 g/mol. The lowest BCUT2D eigenvalue weighted by atomic mass is 10.0. The third kappa shape index (κ3) is 6.87. The molecule has 0 saturated carbocycles. The highest BCUT2D eigenvalue weighted by atomic mass is 32.2. The molecule has 12 heteroatoms. The number of amides is 2. The van der Waals surface area contributed by atoms with Crippen LogP contribution in [0.25, 0.3) is 10.8 Å². The number of benzene rings is 4. The average Bonchev–Trinajstić information content (AvgIpc) is 3.46. The van der Waals surface area contributed by atoms with E-state index in [0.717, 1.165) is 22.9 Å². The number of tetrazole rings is 1. The van der Waals surface area contributed by atoms with E-state index in [2.05, 4.69) is 20.8 Å². The van der Waals surface area contributed by atoms with Gasteiger partial charge >= 0.3 is 5.97 Å². The fourth-order valence-electron chi connectivity index (χ4n) is 4.55. The maximum atomic E-state index is 13.9. The van der Waals surface area contributed by atoms with Crippen LogP contribution >= 0.6 is 11.8 Å². The number of ether oxygens (including phenoxy) is 1. The second kappa shape index (κ2) is 13.8. The Kier molecular flexibility index (Phi) is 9.50. The number of esters is 1. The number of fused-ring (bicyclic) bond motifs is 1. The number of nitrogens with one attached hydrogen (secondary N) is 1. The van der Waals surface area contributed by atoms with Gasteiger partial charge < -0.3 is 15.2 Å². The summed E-state index contributed by atoms with van der Waals surface area (Å²) >= 11 is 0.768. The smallest absolute Gasteiger partial charge is 0.327 e. The predicted molar refractivity (Wildman–Crippen MR) is 168 cm³/mol. The Hall–Kier alpha value is -5.23. The van der Waals surface area contributed by atoms with Gasteiger partial charge in [0.05, 0.1) is 24.4 Å². The molecule has 1 aromatic heterocycles. The van der Waals surface area contributed by atoms with Crippen molar-refractivity contribution in [3.05, 3.63) is 102 Å². The number of thioether (sulfide) groups is 1. The van der Waals surface area contributed by atoms with Crippen molar-refractivity contribution < 1.29 is 24.2 Å². The van der Waals surface area contributed by atoms with E-state index < -0.39 is 17.1 Å². The molecule has 224 valence electrons. The molecule has 2 N–H and O–H groups in total. The van der Waals surface area contributed by atoms with Gasteiger partial charge in [0.15, 0.2) is 0 Å². The molecule has 5 aromatic rings. The molecule has 11 nitrogen and oxygen atoms in total. The number of carbonyl (C=O) groups is 3. The van der Waals surface area contributed by atoms with E-state index >= 15 is 0 Å². The number of rotatable bonds is 10. The fourth-order valence-corrected chi connectivity index (χ4v) is 5.26. The van der Waals surface area contributed by atoms with Crippen LogP contribution in [0.4, 0.5) is 16.2 Å². The Bertz CT molecular complexity index is 1810. The minimum absolute atomic E-state index is 0.0994. The number of para-hydroxylation sites is 1. The maximum absolute atomic E-state index is 13.9. The molecule has 0 atom stereocenters. The number of hydrogen-bond donors (Lipinski definition) is 2. The summed E-state index contributed by atoms with van der Waals surface area (Å²) < 4.78 is 6.35. The average molecular weight is 611 g/mol.